The molecule has 0 radical (unpaired) electrons. The predicted octanol–water partition coefficient (Wildman–Crippen LogP) is -2.75. The van der Waals surface area contributed by atoms with Gasteiger partial charge in [0.15, 0.2) is 0 Å². The molecular formula is C3H7ClN4. The zero-order chi connectivity index (χ0) is 4.24. The Morgan fingerprint density at radius 3 is 1.12 bits per heavy atom. The van der Waals surface area contributed by atoms with Crippen molar-refractivity contribution >= 4 is 0 Å². The molecule has 1 aromatic heterocycles. The molecular weight excluding hydrogens is 128 g/mol. The number of hydrogen-bond acceptors (Lipinski definition) is 3. The van der Waals surface area contributed by atoms with E-state index in [-0.39, 0.29) is 18.6 Å². The van der Waals surface area contributed by atoms with Crippen molar-refractivity contribution in [2.75, 3.05) is 0 Å². The summed E-state index contributed by atoms with van der Waals surface area (Å²) >= 11 is 0. The van der Waals surface area contributed by atoms with Crippen molar-refractivity contribution in [3.63, 3.8) is 0 Å². The van der Waals surface area contributed by atoms with Crippen LogP contribution in [-0.4, -0.2) is 15.0 Å². The van der Waals surface area contributed by atoms with E-state index in [1.54, 1.807) is 0 Å². The fraction of sp³-hybridized carbons (Fsp3) is 0. The summed E-state index contributed by atoms with van der Waals surface area (Å²) in [6, 6.07) is 0. The molecule has 1 aromatic rings. The van der Waals surface area contributed by atoms with Gasteiger partial charge < -0.3 is 18.6 Å². The summed E-state index contributed by atoms with van der Waals surface area (Å²) < 4.78 is 0. The van der Waals surface area contributed by atoms with E-state index in [2.05, 4.69) is 15.0 Å². The van der Waals surface area contributed by atoms with Crippen LogP contribution in [0.2, 0.25) is 0 Å². The fourth-order valence-corrected chi connectivity index (χ4v) is 0.205. The predicted molar refractivity (Wildman–Crippen MR) is 25.8 cm³/mol. The summed E-state index contributed by atoms with van der Waals surface area (Å²) in [5, 5.41) is 0. The average molecular weight is 135 g/mol. The molecule has 0 fully saturated rings. The molecule has 0 aliphatic rings. The zero-order valence-corrected chi connectivity index (χ0v) is 5.21. The summed E-state index contributed by atoms with van der Waals surface area (Å²) in [7, 11) is 0. The first-order valence-corrected chi connectivity index (χ1v) is 1.55. The third-order valence-corrected chi connectivity index (χ3v) is 0.400. The molecule has 8 heavy (non-hydrogen) atoms. The second-order valence-corrected chi connectivity index (χ2v) is 0.794. The summed E-state index contributed by atoms with van der Waals surface area (Å²) in [5.41, 5.74) is 0. The normalized spacial score (nSPS) is 6.00. The maximum Gasteiger partial charge on any atom is 0.119 e. The molecule has 0 aliphatic carbocycles. The van der Waals surface area contributed by atoms with Crippen molar-refractivity contribution < 1.29 is 12.4 Å². The lowest BCUT2D eigenvalue weighted by molar-refractivity contribution is -0.00000192. The van der Waals surface area contributed by atoms with E-state index in [0.717, 1.165) is 0 Å². The first-order valence-electron chi connectivity index (χ1n) is 1.55. The topological polar surface area (TPSA) is 75.2 Å². The Bertz CT molecular complexity index is 83.2. The first-order chi connectivity index (χ1) is 3.00. The molecule has 1 heterocycles. The quantitative estimate of drug-likeness (QED) is 0.418. The number of quaternary nitrogens is 1. The lowest BCUT2D eigenvalue weighted by Crippen LogP contribution is -3.00. The molecule has 5 heteroatoms. The summed E-state index contributed by atoms with van der Waals surface area (Å²) in [4.78, 5) is 10.7. The fourth-order valence-electron chi connectivity index (χ4n) is 0.205. The second-order valence-electron chi connectivity index (χ2n) is 0.794. The van der Waals surface area contributed by atoms with Crippen LogP contribution in [0, 0.1) is 0 Å². The second kappa shape index (κ2) is 6.26. The van der Waals surface area contributed by atoms with Gasteiger partial charge in [0.05, 0.1) is 0 Å². The molecule has 0 spiro atoms. The third-order valence-electron chi connectivity index (χ3n) is 0.400. The average Bonchev–Trinajstić information content (AvgIpc) is 1.72. The number of nitrogens with zero attached hydrogens (tertiary/aromatic N) is 3. The number of hydrogen-bond donors (Lipinski definition) is 1. The van der Waals surface area contributed by atoms with E-state index >= 15 is 0 Å². The van der Waals surface area contributed by atoms with Crippen LogP contribution in [0.3, 0.4) is 0 Å². The van der Waals surface area contributed by atoms with E-state index in [9.17, 15) is 0 Å². The van der Waals surface area contributed by atoms with Crippen LogP contribution in [0.5, 0.6) is 0 Å². The van der Waals surface area contributed by atoms with Gasteiger partial charge in [0.25, 0.3) is 0 Å². The van der Waals surface area contributed by atoms with Crippen LogP contribution in [0.15, 0.2) is 19.0 Å². The minimum atomic E-state index is 0. The Kier molecular flexibility index (Phi) is 8.05. The van der Waals surface area contributed by atoms with E-state index < -0.39 is 0 Å². The standard InChI is InChI=1S/C3H3N3.ClH.H3N/c1-4-2-6-3-5-1;;/h1-3H;1H;1H3. The number of halogens is 1. The zero-order valence-electron chi connectivity index (χ0n) is 4.45. The smallest absolute Gasteiger partial charge is 0.119 e. The van der Waals surface area contributed by atoms with E-state index in [1.165, 1.54) is 19.0 Å². The van der Waals surface area contributed by atoms with Crippen LogP contribution in [0.25, 0.3) is 0 Å². The highest BCUT2D eigenvalue weighted by Crippen LogP contribution is 1.57. The summed E-state index contributed by atoms with van der Waals surface area (Å²) in [6.45, 7) is 0. The molecule has 4 nitrogen and oxygen atoms in total. The van der Waals surface area contributed by atoms with Crippen molar-refractivity contribution in [3.05, 3.63) is 19.0 Å². The Morgan fingerprint density at radius 2 is 1.00 bits per heavy atom. The van der Waals surface area contributed by atoms with E-state index in [0.29, 0.717) is 0 Å². The van der Waals surface area contributed by atoms with Gasteiger partial charge in [-0.1, -0.05) is 0 Å². The summed E-state index contributed by atoms with van der Waals surface area (Å²) in [6.07, 6.45) is 4.31. The molecule has 0 bridgehead atoms. The van der Waals surface area contributed by atoms with Crippen molar-refractivity contribution in [1.82, 2.24) is 21.1 Å². The maximum absolute atomic E-state index is 3.56. The Hall–Kier alpha value is -0.740. The minimum Gasteiger partial charge on any atom is -1.00 e. The molecule has 1 rings (SSSR count). The Morgan fingerprint density at radius 1 is 0.750 bits per heavy atom. The van der Waals surface area contributed by atoms with Crippen LogP contribution >= 0.6 is 0 Å². The molecule has 0 aromatic carbocycles. The van der Waals surface area contributed by atoms with Gasteiger partial charge >= 0.3 is 0 Å². The Labute approximate surface area is 53.4 Å². The van der Waals surface area contributed by atoms with Gasteiger partial charge in [-0.25, -0.2) is 15.0 Å². The van der Waals surface area contributed by atoms with E-state index in [1.807, 2.05) is 0 Å². The van der Waals surface area contributed by atoms with Crippen molar-refractivity contribution in [2.45, 2.75) is 0 Å². The monoisotopic (exact) mass is 134 g/mol. The highest BCUT2D eigenvalue weighted by molar-refractivity contribution is 4.51. The van der Waals surface area contributed by atoms with Crippen LogP contribution in [0.1, 0.15) is 0 Å². The molecule has 0 aliphatic heterocycles. The molecule has 0 saturated carbocycles. The minimum absolute atomic E-state index is 0. The largest absolute Gasteiger partial charge is 1.00 e. The van der Waals surface area contributed by atoms with Gasteiger partial charge in [0.1, 0.15) is 19.0 Å². The first kappa shape index (κ1) is 10.3. The number of rotatable bonds is 0. The van der Waals surface area contributed by atoms with Gasteiger partial charge in [0.2, 0.25) is 0 Å². The van der Waals surface area contributed by atoms with E-state index in [4.69, 9.17) is 0 Å². The van der Waals surface area contributed by atoms with Gasteiger partial charge in [-0.15, -0.1) is 0 Å². The lowest BCUT2D eigenvalue weighted by atomic mass is 11.1. The van der Waals surface area contributed by atoms with Gasteiger partial charge in [-0.2, -0.15) is 0 Å². The van der Waals surface area contributed by atoms with Crippen molar-refractivity contribution in [3.8, 4) is 0 Å². The molecule has 4 N–H and O–H groups in total. The molecule has 0 atom stereocenters. The molecule has 0 amide bonds. The van der Waals surface area contributed by atoms with Crippen LogP contribution in [-0.2, 0) is 0 Å². The van der Waals surface area contributed by atoms with Gasteiger partial charge in [0, 0.05) is 0 Å². The van der Waals surface area contributed by atoms with Crippen LogP contribution in [0.4, 0.5) is 0 Å². The number of aromatic nitrogens is 3. The molecule has 46 valence electrons. The highest BCUT2D eigenvalue weighted by Gasteiger charge is 1.59. The SMILES string of the molecule is [Cl-].[NH4+].c1ncncn1. The van der Waals surface area contributed by atoms with Crippen molar-refractivity contribution in [1.29, 1.82) is 0 Å². The van der Waals surface area contributed by atoms with Gasteiger partial charge in [-0.3, -0.25) is 0 Å². The molecule has 0 saturated heterocycles. The summed E-state index contributed by atoms with van der Waals surface area (Å²) in [5.74, 6) is 0. The lowest BCUT2D eigenvalue weighted by Gasteiger charge is -1.69. The molecule has 0 unspecified atom stereocenters. The van der Waals surface area contributed by atoms with Gasteiger partial charge in [-0.05, 0) is 0 Å². The van der Waals surface area contributed by atoms with Crippen LogP contribution < -0.4 is 18.6 Å². The third kappa shape index (κ3) is 3.45. The Balaban J connectivity index is 0. The highest BCUT2D eigenvalue weighted by atomic mass is 35.5. The maximum atomic E-state index is 3.56. The van der Waals surface area contributed by atoms with Crippen molar-refractivity contribution in [2.24, 2.45) is 0 Å².